The van der Waals surface area contributed by atoms with Crippen LogP contribution >= 0.6 is 0 Å². The van der Waals surface area contributed by atoms with Gasteiger partial charge in [-0.05, 0) is 55.2 Å². The Labute approximate surface area is 164 Å². The van der Waals surface area contributed by atoms with Crippen molar-refractivity contribution in [3.8, 4) is 5.75 Å². The van der Waals surface area contributed by atoms with E-state index in [4.69, 9.17) is 0 Å². The molecule has 0 aromatic heterocycles. The molecule has 9 heteroatoms. The zero-order valence-electron chi connectivity index (χ0n) is 15.7. The quantitative estimate of drug-likeness (QED) is 0.308. The number of rotatable bonds is 9. The second-order valence-electron chi connectivity index (χ2n) is 7.32. The Balaban J connectivity index is 1.87. The van der Waals surface area contributed by atoms with E-state index in [1.165, 1.54) is 0 Å². The van der Waals surface area contributed by atoms with Gasteiger partial charge in [-0.25, -0.2) is 8.78 Å². The molecular formula is C20H23F7O2. The number of halogens is 7. The predicted molar refractivity (Wildman–Crippen MR) is 92.3 cm³/mol. The van der Waals surface area contributed by atoms with Gasteiger partial charge >= 0.3 is 12.5 Å². The summed E-state index contributed by atoms with van der Waals surface area (Å²) in [5, 5.41) is 0. The highest BCUT2D eigenvalue weighted by atomic mass is 19.4. The number of benzene rings is 1. The Morgan fingerprint density at radius 3 is 2.03 bits per heavy atom. The fraction of sp³-hybridized carbons (Fsp3) is 0.600. The van der Waals surface area contributed by atoms with Crippen LogP contribution in [-0.2, 0) is 11.3 Å². The summed E-state index contributed by atoms with van der Waals surface area (Å²) in [7, 11) is 0. The van der Waals surface area contributed by atoms with Crippen molar-refractivity contribution < 1.29 is 40.2 Å². The van der Waals surface area contributed by atoms with E-state index >= 15 is 0 Å². The maximum Gasteiger partial charge on any atom is 0.573 e. The van der Waals surface area contributed by atoms with Gasteiger partial charge in [0.15, 0.2) is 11.6 Å². The number of ether oxygens (including phenoxy) is 2. The minimum absolute atomic E-state index is 0.221. The number of allylic oxidation sites excluding steroid dienone is 1. The third kappa shape index (κ3) is 7.87. The molecule has 1 fully saturated rings. The first kappa shape index (κ1) is 23.5. The van der Waals surface area contributed by atoms with Gasteiger partial charge < -0.3 is 9.47 Å². The number of alkyl halides is 5. The van der Waals surface area contributed by atoms with E-state index in [-0.39, 0.29) is 11.5 Å². The average Bonchev–Trinajstić information content (AvgIpc) is 2.61. The molecule has 2 nitrogen and oxygen atoms in total. The van der Waals surface area contributed by atoms with Crippen molar-refractivity contribution in [1.29, 1.82) is 0 Å². The maximum atomic E-state index is 14.1. The van der Waals surface area contributed by atoms with Crippen LogP contribution in [0.2, 0.25) is 0 Å². The zero-order chi connectivity index (χ0) is 21.7. The molecule has 0 spiro atoms. The lowest BCUT2D eigenvalue weighted by Crippen LogP contribution is -2.27. The molecule has 0 radical (unpaired) electrons. The molecule has 29 heavy (non-hydrogen) atoms. The average molecular weight is 428 g/mol. The first-order valence-electron chi connectivity index (χ1n) is 9.35. The van der Waals surface area contributed by atoms with Crippen LogP contribution in [-0.4, -0.2) is 12.5 Å². The van der Waals surface area contributed by atoms with Crippen LogP contribution in [0.25, 0.3) is 0 Å². The Morgan fingerprint density at radius 2 is 1.52 bits per heavy atom. The lowest BCUT2D eigenvalue weighted by atomic mass is 9.78. The molecule has 0 saturated heterocycles. The Morgan fingerprint density at radius 1 is 0.966 bits per heavy atom. The van der Waals surface area contributed by atoms with Crippen LogP contribution in [0.4, 0.5) is 30.7 Å². The van der Waals surface area contributed by atoms with Gasteiger partial charge in [0.25, 0.3) is 0 Å². The molecule has 0 atom stereocenters. The molecule has 1 aliphatic carbocycles. The van der Waals surface area contributed by atoms with Crippen molar-refractivity contribution in [1.82, 2.24) is 0 Å². The molecule has 1 aromatic rings. The van der Waals surface area contributed by atoms with Crippen molar-refractivity contribution in [2.45, 2.75) is 64.0 Å². The molecule has 0 N–H and O–H groups in total. The van der Waals surface area contributed by atoms with Crippen LogP contribution in [0, 0.1) is 23.5 Å². The summed E-state index contributed by atoms with van der Waals surface area (Å²) in [5.74, 6) is -4.66. The second-order valence-corrected chi connectivity index (χ2v) is 7.32. The SMILES string of the molecule is C=CCC[C@H]1CC[C@H](CC(F)(F)OCc2cc(F)c(OC(F)(F)F)c(F)c2)CC1. The molecule has 0 amide bonds. The summed E-state index contributed by atoms with van der Waals surface area (Å²) in [4.78, 5) is 0. The maximum absolute atomic E-state index is 14.1. The third-order valence-corrected chi connectivity index (χ3v) is 5.00. The lowest BCUT2D eigenvalue weighted by Gasteiger charge is -2.30. The highest BCUT2D eigenvalue weighted by molar-refractivity contribution is 5.31. The summed E-state index contributed by atoms with van der Waals surface area (Å²) in [6.45, 7) is 2.82. The Kier molecular flexibility index (Phi) is 7.96. The van der Waals surface area contributed by atoms with Gasteiger partial charge in [-0.15, -0.1) is 19.8 Å². The van der Waals surface area contributed by atoms with E-state index in [0.717, 1.165) is 25.7 Å². The molecule has 0 aliphatic heterocycles. The topological polar surface area (TPSA) is 18.5 Å². The fourth-order valence-corrected chi connectivity index (χ4v) is 3.57. The summed E-state index contributed by atoms with van der Waals surface area (Å²) < 4.78 is 99.7. The number of hydrogen-bond donors (Lipinski definition) is 0. The van der Waals surface area contributed by atoms with Gasteiger partial charge in [0, 0.05) is 6.42 Å². The van der Waals surface area contributed by atoms with E-state index in [9.17, 15) is 30.7 Å². The smallest absolute Gasteiger partial charge is 0.399 e. The largest absolute Gasteiger partial charge is 0.573 e. The van der Waals surface area contributed by atoms with E-state index in [2.05, 4.69) is 16.1 Å². The van der Waals surface area contributed by atoms with Gasteiger partial charge in [0.05, 0.1) is 6.61 Å². The highest BCUT2D eigenvalue weighted by Crippen LogP contribution is 2.38. The minimum Gasteiger partial charge on any atom is -0.399 e. The Bertz CT molecular complexity index is 657. The fourth-order valence-electron chi connectivity index (χ4n) is 3.57. The lowest BCUT2D eigenvalue weighted by molar-refractivity contribution is -0.276. The van der Waals surface area contributed by atoms with E-state index in [0.29, 0.717) is 30.9 Å². The summed E-state index contributed by atoms with van der Waals surface area (Å²) in [6.07, 6.45) is -2.58. The summed E-state index contributed by atoms with van der Waals surface area (Å²) in [6, 6.07) is 0.954. The molecule has 1 aromatic carbocycles. The van der Waals surface area contributed by atoms with Gasteiger partial charge in [0.1, 0.15) is 0 Å². The monoisotopic (exact) mass is 428 g/mol. The molecule has 0 heterocycles. The first-order valence-corrected chi connectivity index (χ1v) is 9.35. The molecule has 0 unspecified atom stereocenters. The van der Waals surface area contributed by atoms with E-state index in [1.807, 2.05) is 6.08 Å². The zero-order valence-corrected chi connectivity index (χ0v) is 15.7. The van der Waals surface area contributed by atoms with Gasteiger partial charge in [0.2, 0.25) is 5.75 Å². The summed E-state index contributed by atoms with van der Waals surface area (Å²) in [5.41, 5.74) is -0.359. The van der Waals surface area contributed by atoms with Crippen LogP contribution in [0.1, 0.15) is 50.5 Å². The van der Waals surface area contributed by atoms with Crippen LogP contribution < -0.4 is 4.74 Å². The Hall–Kier alpha value is -1.77. The molecule has 164 valence electrons. The molecule has 2 rings (SSSR count). The van der Waals surface area contributed by atoms with Crippen LogP contribution in [0.3, 0.4) is 0 Å². The highest BCUT2D eigenvalue weighted by Gasteiger charge is 2.36. The predicted octanol–water partition coefficient (Wildman–Crippen LogP) is 7.14. The minimum atomic E-state index is -5.28. The molecular weight excluding hydrogens is 405 g/mol. The van der Waals surface area contributed by atoms with Crippen molar-refractivity contribution in [2.75, 3.05) is 0 Å². The van der Waals surface area contributed by atoms with Gasteiger partial charge in [-0.3, -0.25) is 0 Å². The standard InChI is InChI=1S/C20H23F7O2/c1-2-3-4-13-5-7-14(8-6-13)11-19(23,24)28-12-15-9-16(21)18(17(22)10-15)29-20(25,26)27/h2,9-10,13-14H,1,3-8,11-12H2/t13-,14-. The molecule has 0 bridgehead atoms. The van der Waals surface area contributed by atoms with Crippen LogP contribution in [0.5, 0.6) is 5.75 Å². The third-order valence-electron chi connectivity index (χ3n) is 5.00. The van der Waals surface area contributed by atoms with Crippen molar-refractivity contribution in [3.63, 3.8) is 0 Å². The summed E-state index contributed by atoms with van der Waals surface area (Å²) >= 11 is 0. The molecule has 1 saturated carbocycles. The molecule has 1 aliphatic rings. The normalized spacial score (nSPS) is 20.5. The van der Waals surface area contributed by atoms with Gasteiger partial charge in [-0.1, -0.05) is 18.9 Å². The van der Waals surface area contributed by atoms with Crippen molar-refractivity contribution in [3.05, 3.63) is 42.0 Å². The second kappa shape index (κ2) is 9.82. The first-order chi connectivity index (χ1) is 13.5. The van der Waals surface area contributed by atoms with Crippen molar-refractivity contribution in [2.24, 2.45) is 11.8 Å². The van der Waals surface area contributed by atoms with Crippen molar-refractivity contribution >= 4 is 0 Å². The van der Waals surface area contributed by atoms with Gasteiger partial charge in [-0.2, -0.15) is 8.78 Å². The number of hydrogen-bond acceptors (Lipinski definition) is 2. The van der Waals surface area contributed by atoms with E-state index in [1.54, 1.807) is 0 Å². The van der Waals surface area contributed by atoms with E-state index < -0.39 is 42.9 Å². The van der Waals surface area contributed by atoms with Crippen LogP contribution in [0.15, 0.2) is 24.8 Å².